The van der Waals surface area contributed by atoms with E-state index in [-0.39, 0.29) is 32.0 Å². The van der Waals surface area contributed by atoms with Crippen molar-refractivity contribution in [3.8, 4) is 11.5 Å². The summed E-state index contributed by atoms with van der Waals surface area (Å²) in [6.07, 6.45) is -0.282. The SMILES string of the molecule is Cc1ccc(CN2COOCN(N)C2Nc2ccc(OC(C)C)c(OC(C)C)c2)cc1. The molecule has 1 atom stereocenters. The fourth-order valence-electron chi connectivity index (χ4n) is 3.23. The summed E-state index contributed by atoms with van der Waals surface area (Å²) in [4.78, 5) is 12.5. The highest BCUT2D eigenvalue weighted by Crippen LogP contribution is 2.33. The topological polar surface area (TPSA) is 81.5 Å². The van der Waals surface area contributed by atoms with Crippen molar-refractivity contribution in [2.24, 2.45) is 5.84 Å². The first-order chi connectivity index (χ1) is 14.8. The standard InChI is InChI=1S/C23H34N4O4/c1-16(2)30-21-11-10-20(12-22(21)31-17(3)4)25-23-26(14-28-29-15-27(23)24)13-19-8-6-18(5)7-9-19/h6-12,16-17,23,25H,13-15,24H2,1-5H3. The second-order valence-electron chi connectivity index (χ2n) is 8.25. The van der Waals surface area contributed by atoms with Crippen LogP contribution in [-0.2, 0) is 16.3 Å². The Kier molecular flexibility index (Phi) is 8.11. The number of ether oxygens (including phenoxy) is 2. The third kappa shape index (κ3) is 6.81. The fraction of sp³-hybridized carbons (Fsp3) is 0.478. The number of aryl methyl sites for hydroxylation is 1. The summed E-state index contributed by atoms with van der Waals surface area (Å²) in [7, 11) is 0. The van der Waals surface area contributed by atoms with Gasteiger partial charge in [-0.1, -0.05) is 29.8 Å². The molecular formula is C23H34N4O4. The highest BCUT2D eigenvalue weighted by Gasteiger charge is 2.27. The van der Waals surface area contributed by atoms with Crippen LogP contribution in [0.3, 0.4) is 0 Å². The van der Waals surface area contributed by atoms with E-state index in [0.717, 1.165) is 11.3 Å². The Morgan fingerprint density at radius 3 is 2.29 bits per heavy atom. The van der Waals surface area contributed by atoms with Crippen molar-refractivity contribution in [2.45, 2.75) is 59.7 Å². The predicted molar refractivity (Wildman–Crippen MR) is 120 cm³/mol. The van der Waals surface area contributed by atoms with E-state index in [1.165, 1.54) is 5.56 Å². The largest absolute Gasteiger partial charge is 0.487 e. The molecule has 3 N–H and O–H groups in total. The maximum Gasteiger partial charge on any atom is 0.163 e. The van der Waals surface area contributed by atoms with Crippen molar-refractivity contribution < 1.29 is 19.2 Å². The Labute approximate surface area is 184 Å². The van der Waals surface area contributed by atoms with Crippen LogP contribution >= 0.6 is 0 Å². The summed E-state index contributed by atoms with van der Waals surface area (Å²) in [6.45, 7) is 11.1. The molecule has 0 aliphatic carbocycles. The van der Waals surface area contributed by atoms with Crippen LogP contribution in [0.4, 0.5) is 5.69 Å². The van der Waals surface area contributed by atoms with Gasteiger partial charge in [0.15, 0.2) is 24.5 Å². The van der Waals surface area contributed by atoms with Crippen LogP contribution < -0.4 is 20.6 Å². The maximum absolute atomic E-state index is 6.28. The minimum atomic E-state index is -0.354. The summed E-state index contributed by atoms with van der Waals surface area (Å²) in [5.74, 6) is 7.67. The molecule has 8 heteroatoms. The molecule has 0 bridgehead atoms. The maximum atomic E-state index is 6.28. The van der Waals surface area contributed by atoms with E-state index in [2.05, 4.69) is 41.4 Å². The molecule has 1 fully saturated rings. The zero-order valence-electron chi connectivity index (χ0n) is 19.0. The van der Waals surface area contributed by atoms with E-state index in [9.17, 15) is 0 Å². The Hall–Kier alpha value is -2.36. The van der Waals surface area contributed by atoms with E-state index < -0.39 is 0 Å². The van der Waals surface area contributed by atoms with Gasteiger partial charge in [-0.25, -0.2) is 14.7 Å². The van der Waals surface area contributed by atoms with E-state index in [1.54, 1.807) is 5.01 Å². The fourth-order valence-corrected chi connectivity index (χ4v) is 3.23. The molecule has 31 heavy (non-hydrogen) atoms. The average molecular weight is 431 g/mol. The lowest BCUT2D eigenvalue weighted by Crippen LogP contribution is -2.55. The molecule has 1 saturated heterocycles. The Morgan fingerprint density at radius 2 is 1.61 bits per heavy atom. The van der Waals surface area contributed by atoms with Gasteiger partial charge in [0.25, 0.3) is 0 Å². The Balaban J connectivity index is 1.82. The van der Waals surface area contributed by atoms with Crippen molar-refractivity contribution in [1.82, 2.24) is 9.91 Å². The molecule has 0 amide bonds. The van der Waals surface area contributed by atoms with Gasteiger partial charge in [0.2, 0.25) is 0 Å². The van der Waals surface area contributed by atoms with Crippen LogP contribution in [0.5, 0.6) is 11.5 Å². The zero-order valence-corrected chi connectivity index (χ0v) is 19.0. The second kappa shape index (κ2) is 10.8. The predicted octanol–water partition coefficient (Wildman–Crippen LogP) is 3.82. The smallest absolute Gasteiger partial charge is 0.163 e. The molecule has 0 aromatic heterocycles. The number of rotatable bonds is 8. The molecule has 0 radical (unpaired) electrons. The van der Waals surface area contributed by atoms with E-state index in [0.29, 0.717) is 18.0 Å². The third-order valence-electron chi connectivity index (χ3n) is 4.63. The number of nitrogens with one attached hydrogen (secondary N) is 1. The van der Waals surface area contributed by atoms with Gasteiger partial charge in [-0.05, 0) is 52.3 Å². The van der Waals surface area contributed by atoms with Gasteiger partial charge < -0.3 is 14.8 Å². The molecular weight excluding hydrogens is 396 g/mol. The lowest BCUT2D eigenvalue weighted by Gasteiger charge is -2.34. The van der Waals surface area contributed by atoms with Gasteiger partial charge in [0.1, 0.15) is 6.73 Å². The molecule has 170 valence electrons. The normalized spacial score (nSPS) is 18.3. The van der Waals surface area contributed by atoms with E-state index >= 15 is 0 Å². The van der Waals surface area contributed by atoms with Crippen molar-refractivity contribution in [1.29, 1.82) is 0 Å². The van der Waals surface area contributed by atoms with Gasteiger partial charge in [-0.3, -0.25) is 5.84 Å². The molecule has 1 aliphatic heterocycles. The number of hydrogen-bond acceptors (Lipinski definition) is 8. The number of hydrogen-bond donors (Lipinski definition) is 2. The molecule has 8 nitrogen and oxygen atoms in total. The number of hydrazine groups is 1. The average Bonchev–Trinajstić information content (AvgIpc) is 2.87. The van der Waals surface area contributed by atoms with E-state index in [1.807, 2.05) is 45.9 Å². The Bertz CT molecular complexity index is 829. The van der Waals surface area contributed by atoms with Crippen molar-refractivity contribution in [2.75, 3.05) is 18.8 Å². The number of nitrogens with two attached hydrogens (primary N) is 1. The molecule has 2 aromatic rings. The van der Waals surface area contributed by atoms with Crippen LogP contribution in [0, 0.1) is 6.92 Å². The first-order valence-electron chi connectivity index (χ1n) is 10.6. The minimum absolute atomic E-state index is 0.0217. The summed E-state index contributed by atoms with van der Waals surface area (Å²) in [6, 6.07) is 14.2. The van der Waals surface area contributed by atoms with Crippen LogP contribution in [-0.4, -0.2) is 41.9 Å². The van der Waals surface area contributed by atoms with Crippen molar-refractivity contribution >= 4 is 5.69 Å². The number of nitrogens with zero attached hydrogens (tertiary/aromatic N) is 2. The van der Waals surface area contributed by atoms with Gasteiger partial charge in [-0.2, -0.15) is 5.01 Å². The van der Waals surface area contributed by atoms with Crippen LogP contribution in [0.15, 0.2) is 42.5 Å². The summed E-state index contributed by atoms with van der Waals surface area (Å²) in [5.41, 5.74) is 3.22. The molecule has 3 rings (SSSR count). The zero-order chi connectivity index (χ0) is 22.4. The first kappa shape index (κ1) is 23.3. The highest BCUT2D eigenvalue weighted by molar-refractivity contribution is 5.55. The van der Waals surface area contributed by atoms with Crippen molar-refractivity contribution in [3.63, 3.8) is 0 Å². The van der Waals surface area contributed by atoms with Crippen LogP contribution in [0.1, 0.15) is 38.8 Å². The van der Waals surface area contributed by atoms with Crippen LogP contribution in [0.25, 0.3) is 0 Å². The van der Waals surface area contributed by atoms with Crippen molar-refractivity contribution in [3.05, 3.63) is 53.6 Å². The lowest BCUT2D eigenvalue weighted by atomic mass is 10.1. The molecule has 0 saturated carbocycles. The minimum Gasteiger partial charge on any atom is -0.487 e. The summed E-state index contributed by atoms with van der Waals surface area (Å²) in [5, 5.41) is 5.04. The van der Waals surface area contributed by atoms with Gasteiger partial charge in [0.05, 0.1) is 12.2 Å². The lowest BCUT2D eigenvalue weighted by molar-refractivity contribution is -0.314. The molecule has 1 unspecified atom stereocenters. The summed E-state index contributed by atoms with van der Waals surface area (Å²) < 4.78 is 11.9. The number of anilines is 1. The highest BCUT2D eigenvalue weighted by atomic mass is 17.2. The molecule has 2 aromatic carbocycles. The molecule has 1 aliphatic rings. The van der Waals surface area contributed by atoms with Gasteiger partial charge in [0, 0.05) is 18.3 Å². The van der Waals surface area contributed by atoms with Gasteiger partial charge in [-0.15, -0.1) is 0 Å². The summed E-state index contributed by atoms with van der Waals surface area (Å²) >= 11 is 0. The third-order valence-corrected chi connectivity index (χ3v) is 4.63. The van der Waals surface area contributed by atoms with Crippen LogP contribution in [0.2, 0.25) is 0 Å². The second-order valence-corrected chi connectivity index (χ2v) is 8.25. The molecule has 0 spiro atoms. The first-order valence-corrected chi connectivity index (χ1v) is 10.6. The molecule has 1 heterocycles. The number of benzene rings is 2. The van der Waals surface area contributed by atoms with Gasteiger partial charge >= 0.3 is 0 Å². The van der Waals surface area contributed by atoms with E-state index in [4.69, 9.17) is 25.1 Å². The Morgan fingerprint density at radius 1 is 0.968 bits per heavy atom. The quantitative estimate of drug-likeness (QED) is 0.483. The monoisotopic (exact) mass is 430 g/mol.